The van der Waals surface area contributed by atoms with E-state index in [2.05, 4.69) is 16.9 Å². The number of hydrogen-bond acceptors (Lipinski definition) is 4. The highest BCUT2D eigenvalue weighted by atomic mass is 16.5. The number of methoxy groups -OCH3 is 1. The number of aromatic nitrogens is 2. The van der Waals surface area contributed by atoms with Crippen LogP contribution in [0, 0.1) is 0 Å². The van der Waals surface area contributed by atoms with Crippen molar-refractivity contribution in [3.63, 3.8) is 0 Å². The normalized spacial score (nSPS) is 10.1. The van der Waals surface area contributed by atoms with Gasteiger partial charge in [0.25, 0.3) is 0 Å². The van der Waals surface area contributed by atoms with Crippen LogP contribution in [0.15, 0.2) is 36.7 Å². The Labute approximate surface area is 106 Å². The summed E-state index contributed by atoms with van der Waals surface area (Å²) in [5.74, 6) is 0.269. The van der Waals surface area contributed by atoms with Gasteiger partial charge < -0.3 is 4.74 Å². The first-order chi connectivity index (χ1) is 8.74. The number of carbonyl (C=O) groups is 1. The van der Waals surface area contributed by atoms with Gasteiger partial charge in [-0.1, -0.05) is 25.1 Å². The zero-order valence-corrected chi connectivity index (χ0v) is 10.4. The molecule has 0 N–H and O–H groups in total. The summed E-state index contributed by atoms with van der Waals surface area (Å²) < 4.78 is 4.98. The average molecular weight is 242 g/mol. The molecule has 0 fully saturated rings. The lowest BCUT2D eigenvalue weighted by Gasteiger charge is -2.04. The molecule has 0 aliphatic rings. The molecule has 2 rings (SSSR count). The van der Waals surface area contributed by atoms with Gasteiger partial charge in [-0.25, -0.2) is 9.97 Å². The lowest BCUT2D eigenvalue weighted by molar-refractivity contribution is 0.103. The maximum Gasteiger partial charge on any atom is 0.216 e. The first-order valence-corrected chi connectivity index (χ1v) is 5.74. The fourth-order valence-corrected chi connectivity index (χ4v) is 1.66. The Balaban J connectivity index is 2.34. The smallest absolute Gasteiger partial charge is 0.216 e. The molecule has 0 aliphatic heterocycles. The summed E-state index contributed by atoms with van der Waals surface area (Å²) in [6, 6.07) is 9.09. The minimum Gasteiger partial charge on any atom is -0.481 e. The largest absolute Gasteiger partial charge is 0.481 e. The molecule has 2 aromatic rings. The summed E-state index contributed by atoms with van der Waals surface area (Å²) in [5.41, 5.74) is 2.10. The van der Waals surface area contributed by atoms with Gasteiger partial charge in [0, 0.05) is 11.6 Å². The van der Waals surface area contributed by atoms with E-state index in [1.165, 1.54) is 13.4 Å². The molecule has 0 amide bonds. The Morgan fingerprint density at radius 1 is 1.28 bits per heavy atom. The third-order valence-electron chi connectivity index (χ3n) is 2.68. The fourth-order valence-electron chi connectivity index (χ4n) is 1.66. The van der Waals surface area contributed by atoms with Crippen molar-refractivity contribution < 1.29 is 9.53 Å². The minimum atomic E-state index is -0.119. The molecule has 0 radical (unpaired) electrons. The summed E-state index contributed by atoms with van der Waals surface area (Å²) in [7, 11) is 1.51. The van der Waals surface area contributed by atoms with E-state index in [1.54, 1.807) is 12.1 Å². The van der Waals surface area contributed by atoms with Crippen molar-refractivity contribution in [2.45, 2.75) is 13.3 Å². The second-order valence-corrected chi connectivity index (χ2v) is 3.83. The van der Waals surface area contributed by atoms with Crippen LogP contribution in [0.4, 0.5) is 0 Å². The molecular weight excluding hydrogens is 228 g/mol. The van der Waals surface area contributed by atoms with Gasteiger partial charge in [-0.3, -0.25) is 4.79 Å². The fraction of sp³-hybridized carbons (Fsp3) is 0.214. The first kappa shape index (κ1) is 12.2. The molecule has 1 aromatic heterocycles. The Morgan fingerprint density at radius 2 is 2.11 bits per heavy atom. The van der Waals surface area contributed by atoms with E-state index in [1.807, 2.05) is 18.2 Å². The van der Waals surface area contributed by atoms with Gasteiger partial charge >= 0.3 is 0 Å². The molecule has 0 spiro atoms. The number of ether oxygens (including phenoxy) is 1. The standard InChI is InChI=1S/C14H14N2O2/c1-3-10-5-4-6-11(7-10)14(17)12-8-13(18-2)16-9-15-12/h4-9H,3H2,1-2H3. The van der Waals surface area contributed by atoms with E-state index >= 15 is 0 Å². The van der Waals surface area contributed by atoms with Crippen LogP contribution in [-0.4, -0.2) is 22.9 Å². The molecule has 92 valence electrons. The third kappa shape index (κ3) is 2.53. The molecule has 0 saturated heterocycles. The van der Waals surface area contributed by atoms with Crippen LogP contribution >= 0.6 is 0 Å². The molecule has 4 nitrogen and oxygen atoms in total. The van der Waals surface area contributed by atoms with Gasteiger partial charge in [0.1, 0.15) is 12.0 Å². The van der Waals surface area contributed by atoms with Crippen molar-refractivity contribution in [1.29, 1.82) is 0 Å². The van der Waals surface area contributed by atoms with Gasteiger partial charge in [-0.15, -0.1) is 0 Å². The van der Waals surface area contributed by atoms with E-state index in [4.69, 9.17) is 4.74 Å². The van der Waals surface area contributed by atoms with Gasteiger partial charge in [0.15, 0.2) is 0 Å². The maximum atomic E-state index is 12.2. The van der Waals surface area contributed by atoms with E-state index in [-0.39, 0.29) is 5.78 Å². The number of nitrogens with zero attached hydrogens (tertiary/aromatic N) is 2. The van der Waals surface area contributed by atoms with Gasteiger partial charge in [0.2, 0.25) is 11.7 Å². The molecule has 0 atom stereocenters. The summed E-state index contributed by atoms with van der Waals surface area (Å²) in [5, 5.41) is 0. The summed E-state index contributed by atoms with van der Waals surface area (Å²) >= 11 is 0. The van der Waals surface area contributed by atoms with E-state index in [0.29, 0.717) is 17.1 Å². The van der Waals surface area contributed by atoms with Crippen molar-refractivity contribution in [3.05, 3.63) is 53.5 Å². The van der Waals surface area contributed by atoms with Crippen molar-refractivity contribution in [2.24, 2.45) is 0 Å². The molecule has 18 heavy (non-hydrogen) atoms. The molecular formula is C14H14N2O2. The molecule has 0 unspecified atom stereocenters. The number of aryl methyl sites for hydroxylation is 1. The van der Waals surface area contributed by atoms with Crippen molar-refractivity contribution in [3.8, 4) is 5.88 Å². The van der Waals surface area contributed by atoms with Crippen LogP contribution in [-0.2, 0) is 6.42 Å². The Hall–Kier alpha value is -2.23. The second kappa shape index (κ2) is 5.40. The van der Waals surface area contributed by atoms with Crippen LogP contribution < -0.4 is 4.74 Å². The number of ketones is 1. The molecule has 0 bridgehead atoms. The Bertz CT molecular complexity index is 518. The summed E-state index contributed by atoms with van der Waals surface area (Å²) in [4.78, 5) is 20.1. The molecule has 1 heterocycles. The second-order valence-electron chi connectivity index (χ2n) is 3.83. The summed E-state index contributed by atoms with van der Waals surface area (Å²) in [6.07, 6.45) is 2.23. The maximum absolute atomic E-state index is 12.2. The van der Waals surface area contributed by atoms with Crippen LogP contribution in [0.1, 0.15) is 28.5 Å². The number of rotatable bonds is 4. The highest BCUT2D eigenvalue weighted by molar-refractivity contribution is 6.07. The van der Waals surface area contributed by atoms with Crippen molar-refractivity contribution in [2.75, 3.05) is 7.11 Å². The first-order valence-electron chi connectivity index (χ1n) is 5.74. The quantitative estimate of drug-likeness (QED) is 0.772. The average Bonchev–Trinajstić information content (AvgIpc) is 2.46. The number of carbonyl (C=O) groups excluding carboxylic acids is 1. The predicted octanol–water partition coefficient (Wildman–Crippen LogP) is 2.28. The van der Waals surface area contributed by atoms with Gasteiger partial charge in [0.05, 0.1) is 7.11 Å². The predicted molar refractivity (Wildman–Crippen MR) is 67.8 cm³/mol. The monoisotopic (exact) mass is 242 g/mol. The van der Waals surface area contributed by atoms with E-state index in [0.717, 1.165) is 12.0 Å². The third-order valence-corrected chi connectivity index (χ3v) is 2.68. The van der Waals surface area contributed by atoms with E-state index in [9.17, 15) is 4.79 Å². The molecule has 4 heteroatoms. The molecule has 1 aromatic carbocycles. The van der Waals surface area contributed by atoms with Crippen LogP contribution in [0.5, 0.6) is 5.88 Å². The van der Waals surface area contributed by atoms with E-state index < -0.39 is 0 Å². The summed E-state index contributed by atoms with van der Waals surface area (Å²) in [6.45, 7) is 2.05. The Morgan fingerprint density at radius 3 is 2.83 bits per heavy atom. The van der Waals surface area contributed by atoms with Crippen molar-refractivity contribution >= 4 is 5.78 Å². The number of hydrogen-bond donors (Lipinski definition) is 0. The lowest BCUT2D eigenvalue weighted by atomic mass is 10.0. The van der Waals surface area contributed by atoms with Crippen LogP contribution in [0.25, 0.3) is 0 Å². The van der Waals surface area contributed by atoms with Gasteiger partial charge in [-0.05, 0) is 18.1 Å². The molecule has 0 saturated carbocycles. The SMILES string of the molecule is CCc1cccc(C(=O)c2cc(OC)ncn2)c1. The van der Waals surface area contributed by atoms with Gasteiger partial charge in [-0.2, -0.15) is 0 Å². The minimum absolute atomic E-state index is 0.119. The highest BCUT2D eigenvalue weighted by Crippen LogP contribution is 2.13. The lowest BCUT2D eigenvalue weighted by Crippen LogP contribution is -2.05. The van der Waals surface area contributed by atoms with Crippen molar-refractivity contribution in [1.82, 2.24) is 9.97 Å². The Kier molecular flexibility index (Phi) is 3.67. The van der Waals surface area contributed by atoms with Crippen LogP contribution in [0.2, 0.25) is 0 Å². The topological polar surface area (TPSA) is 52.1 Å². The zero-order chi connectivity index (χ0) is 13.0. The van der Waals surface area contributed by atoms with Crippen LogP contribution in [0.3, 0.4) is 0 Å². The molecule has 0 aliphatic carbocycles. The highest BCUT2D eigenvalue weighted by Gasteiger charge is 2.12. The zero-order valence-electron chi connectivity index (χ0n) is 10.4. The number of benzene rings is 1.